The maximum atomic E-state index is 14.1. The minimum atomic E-state index is -4.70. The van der Waals surface area contributed by atoms with Gasteiger partial charge in [-0.15, -0.1) is 13.2 Å². The summed E-state index contributed by atoms with van der Waals surface area (Å²) in [5.74, 6) is -3.31. The first kappa shape index (κ1) is 19.0. The van der Waals surface area contributed by atoms with E-state index in [1.54, 1.807) is 12.1 Å². The van der Waals surface area contributed by atoms with Gasteiger partial charge in [-0.05, 0) is 55.7 Å². The lowest BCUT2D eigenvalue weighted by molar-refractivity contribution is -0.274. The molecule has 0 spiro atoms. The fourth-order valence-electron chi connectivity index (χ4n) is 3.41. The van der Waals surface area contributed by atoms with Crippen LogP contribution in [0.3, 0.4) is 0 Å². The highest BCUT2D eigenvalue weighted by atomic mass is 19.4. The SMILES string of the molecule is CCCCC(F)(F)C1CCC(c2ccc(OC(F)(F)F)cc2)CC1. The third-order valence-electron chi connectivity index (χ3n) is 4.77. The molecule has 0 N–H and O–H groups in total. The summed E-state index contributed by atoms with van der Waals surface area (Å²) in [6.07, 6.45) is -1.25. The van der Waals surface area contributed by atoms with Gasteiger partial charge in [0.25, 0.3) is 5.92 Å². The minimum Gasteiger partial charge on any atom is -0.406 e. The number of benzene rings is 1. The van der Waals surface area contributed by atoms with E-state index < -0.39 is 18.2 Å². The fourth-order valence-corrected chi connectivity index (χ4v) is 3.41. The van der Waals surface area contributed by atoms with Crippen molar-refractivity contribution in [2.75, 3.05) is 0 Å². The van der Waals surface area contributed by atoms with E-state index in [2.05, 4.69) is 4.74 Å². The number of unbranched alkanes of at least 4 members (excludes halogenated alkanes) is 1. The molecule has 0 aliphatic heterocycles. The quantitative estimate of drug-likeness (QED) is 0.520. The fraction of sp³-hybridized carbons (Fsp3) is 0.667. The van der Waals surface area contributed by atoms with Gasteiger partial charge in [-0.2, -0.15) is 0 Å². The first-order valence-corrected chi connectivity index (χ1v) is 8.45. The second kappa shape index (κ2) is 7.70. The molecule has 136 valence electrons. The summed E-state index contributed by atoms with van der Waals surface area (Å²) in [6, 6.07) is 5.76. The maximum Gasteiger partial charge on any atom is 0.573 e. The molecule has 0 radical (unpaired) electrons. The van der Waals surface area contributed by atoms with Crippen molar-refractivity contribution >= 4 is 0 Å². The molecule has 0 saturated heterocycles. The molecule has 0 heterocycles. The first-order chi connectivity index (χ1) is 11.2. The van der Waals surface area contributed by atoms with Gasteiger partial charge >= 0.3 is 6.36 Å². The van der Waals surface area contributed by atoms with E-state index in [1.807, 2.05) is 6.92 Å². The molecule has 1 aliphatic carbocycles. The molecule has 6 heteroatoms. The van der Waals surface area contributed by atoms with Crippen molar-refractivity contribution in [1.82, 2.24) is 0 Å². The van der Waals surface area contributed by atoms with Crippen molar-refractivity contribution in [2.45, 2.75) is 70.1 Å². The van der Waals surface area contributed by atoms with Crippen molar-refractivity contribution in [3.63, 3.8) is 0 Å². The number of hydrogen-bond donors (Lipinski definition) is 0. The van der Waals surface area contributed by atoms with Crippen LogP contribution < -0.4 is 4.74 Å². The number of rotatable bonds is 6. The Morgan fingerprint density at radius 1 is 0.958 bits per heavy atom. The summed E-state index contributed by atoms with van der Waals surface area (Å²) in [6.45, 7) is 1.90. The molecule has 1 aromatic rings. The summed E-state index contributed by atoms with van der Waals surface area (Å²) >= 11 is 0. The summed E-state index contributed by atoms with van der Waals surface area (Å²) in [7, 11) is 0. The molecule has 0 amide bonds. The van der Waals surface area contributed by atoms with E-state index in [9.17, 15) is 22.0 Å². The Kier molecular flexibility index (Phi) is 6.10. The Morgan fingerprint density at radius 2 is 1.54 bits per heavy atom. The minimum absolute atomic E-state index is 0.0533. The van der Waals surface area contributed by atoms with E-state index >= 15 is 0 Å². The van der Waals surface area contributed by atoms with Crippen LogP contribution in [-0.4, -0.2) is 12.3 Å². The predicted molar refractivity (Wildman–Crippen MR) is 82.3 cm³/mol. The van der Waals surface area contributed by atoms with Crippen LogP contribution in [-0.2, 0) is 0 Å². The van der Waals surface area contributed by atoms with E-state index in [4.69, 9.17) is 0 Å². The highest BCUT2D eigenvalue weighted by Crippen LogP contribution is 2.44. The highest BCUT2D eigenvalue weighted by Gasteiger charge is 2.40. The van der Waals surface area contributed by atoms with Crippen LogP contribution in [0.2, 0.25) is 0 Å². The third-order valence-corrected chi connectivity index (χ3v) is 4.77. The third kappa shape index (κ3) is 5.35. The van der Waals surface area contributed by atoms with Crippen molar-refractivity contribution < 1.29 is 26.7 Å². The lowest BCUT2D eigenvalue weighted by Crippen LogP contribution is -2.31. The van der Waals surface area contributed by atoms with Crippen LogP contribution >= 0.6 is 0 Å². The van der Waals surface area contributed by atoms with Crippen LogP contribution in [0.1, 0.15) is 63.4 Å². The van der Waals surface area contributed by atoms with Gasteiger partial charge in [0.15, 0.2) is 0 Å². The van der Waals surface area contributed by atoms with E-state index in [0.717, 1.165) is 12.0 Å². The summed E-state index contributed by atoms with van der Waals surface area (Å²) < 4.78 is 68.5. The molecule has 0 unspecified atom stereocenters. The largest absolute Gasteiger partial charge is 0.573 e. The van der Waals surface area contributed by atoms with E-state index in [0.29, 0.717) is 32.1 Å². The Labute approximate surface area is 139 Å². The molecule has 24 heavy (non-hydrogen) atoms. The molecular formula is C18H23F5O. The molecular weight excluding hydrogens is 327 g/mol. The van der Waals surface area contributed by atoms with Crippen molar-refractivity contribution in [3.05, 3.63) is 29.8 Å². The summed E-state index contributed by atoms with van der Waals surface area (Å²) in [5, 5.41) is 0. The molecule has 1 nitrogen and oxygen atoms in total. The van der Waals surface area contributed by atoms with E-state index in [-0.39, 0.29) is 18.1 Å². The number of ether oxygens (including phenoxy) is 1. The van der Waals surface area contributed by atoms with Gasteiger partial charge in [-0.1, -0.05) is 25.5 Å². The average Bonchev–Trinajstić information content (AvgIpc) is 2.52. The standard InChI is InChI=1S/C18H23F5O/c1-2-3-12-17(19,20)15-8-4-13(5-9-15)14-6-10-16(11-7-14)24-18(21,22)23/h6-7,10-11,13,15H,2-5,8-9,12H2,1H3. The van der Waals surface area contributed by atoms with E-state index in [1.165, 1.54) is 12.1 Å². The van der Waals surface area contributed by atoms with Crippen molar-refractivity contribution in [2.24, 2.45) is 5.92 Å². The van der Waals surface area contributed by atoms with Gasteiger partial charge in [-0.25, -0.2) is 8.78 Å². The van der Waals surface area contributed by atoms with Gasteiger partial charge in [-0.3, -0.25) is 0 Å². The number of hydrogen-bond acceptors (Lipinski definition) is 1. The molecule has 0 bridgehead atoms. The maximum absolute atomic E-state index is 14.1. The van der Waals surface area contributed by atoms with Crippen LogP contribution in [0.5, 0.6) is 5.75 Å². The smallest absolute Gasteiger partial charge is 0.406 e. The second-order valence-corrected chi connectivity index (χ2v) is 6.53. The zero-order chi connectivity index (χ0) is 17.8. The molecule has 0 aromatic heterocycles. The topological polar surface area (TPSA) is 9.23 Å². The molecule has 1 aliphatic rings. The average molecular weight is 350 g/mol. The molecule has 1 aromatic carbocycles. The molecule has 1 saturated carbocycles. The molecule has 1 fully saturated rings. The van der Waals surface area contributed by atoms with Gasteiger partial charge in [0.1, 0.15) is 5.75 Å². The van der Waals surface area contributed by atoms with Gasteiger partial charge in [0.05, 0.1) is 0 Å². The van der Waals surface area contributed by atoms with Gasteiger partial charge in [0.2, 0.25) is 0 Å². The molecule has 2 rings (SSSR count). The first-order valence-electron chi connectivity index (χ1n) is 8.45. The highest BCUT2D eigenvalue weighted by molar-refractivity contribution is 5.29. The normalized spacial score (nSPS) is 22.4. The van der Waals surface area contributed by atoms with Crippen LogP contribution in [0.25, 0.3) is 0 Å². The van der Waals surface area contributed by atoms with Crippen LogP contribution in [0, 0.1) is 5.92 Å². The monoisotopic (exact) mass is 350 g/mol. The summed E-state index contributed by atoms with van der Waals surface area (Å²) in [4.78, 5) is 0. The second-order valence-electron chi connectivity index (χ2n) is 6.53. The van der Waals surface area contributed by atoms with Crippen LogP contribution in [0.4, 0.5) is 22.0 Å². The number of alkyl halides is 5. The van der Waals surface area contributed by atoms with Crippen molar-refractivity contribution in [1.29, 1.82) is 0 Å². The zero-order valence-corrected chi connectivity index (χ0v) is 13.7. The Hall–Kier alpha value is -1.33. The lowest BCUT2D eigenvalue weighted by Gasteiger charge is -2.34. The van der Waals surface area contributed by atoms with Gasteiger partial charge in [0, 0.05) is 12.3 Å². The number of halogens is 5. The Morgan fingerprint density at radius 3 is 2.04 bits per heavy atom. The Balaban J connectivity index is 1.90. The van der Waals surface area contributed by atoms with Crippen LogP contribution in [0.15, 0.2) is 24.3 Å². The zero-order valence-electron chi connectivity index (χ0n) is 13.7. The summed E-state index contributed by atoms with van der Waals surface area (Å²) in [5.41, 5.74) is 0.889. The molecule has 0 atom stereocenters. The predicted octanol–water partition coefficient (Wildman–Crippen LogP) is 6.68. The van der Waals surface area contributed by atoms with Gasteiger partial charge < -0.3 is 4.74 Å². The lowest BCUT2D eigenvalue weighted by atomic mass is 9.75. The Bertz CT molecular complexity index is 501. The van der Waals surface area contributed by atoms with Crippen molar-refractivity contribution in [3.8, 4) is 5.75 Å².